The molecular weight excluding hydrogens is 510 g/mol. The molecule has 0 aliphatic heterocycles. The second-order valence-corrected chi connectivity index (χ2v) is 7.52. The standard InChI is InChI=1S/C23H18BrN3O7/c1-32-18-9-6-15(7-10-18)23(29)34-20-11-8-17(24)12-16(20)13-25-26-22(28)14-33-21-5-3-2-4-19(21)27(30)31/h2-13H,14H2,1H3,(H,26,28)/b25-13+. The summed E-state index contributed by atoms with van der Waals surface area (Å²) in [5.41, 5.74) is 2.75. The Hall–Kier alpha value is -4.25. The van der Waals surface area contributed by atoms with E-state index in [1.54, 1.807) is 48.5 Å². The van der Waals surface area contributed by atoms with Crippen LogP contribution < -0.4 is 19.6 Å². The van der Waals surface area contributed by atoms with Crippen LogP contribution in [0.3, 0.4) is 0 Å². The summed E-state index contributed by atoms with van der Waals surface area (Å²) in [4.78, 5) is 34.9. The van der Waals surface area contributed by atoms with Crippen LogP contribution >= 0.6 is 15.9 Å². The number of nitro benzene ring substituents is 1. The molecule has 3 rings (SSSR count). The van der Waals surface area contributed by atoms with Gasteiger partial charge >= 0.3 is 11.7 Å². The van der Waals surface area contributed by atoms with E-state index in [1.165, 1.54) is 31.5 Å². The van der Waals surface area contributed by atoms with Crippen molar-refractivity contribution in [3.05, 3.63) is 92.4 Å². The van der Waals surface area contributed by atoms with Crippen LogP contribution in [0.5, 0.6) is 17.2 Å². The van der Waals surface area contributed by atoms with Gasteiger partial charge in [-0.15, -0.1) is 0 Å². The lowest BCUT2D eigenvalue weighted by Gasteiger charge is -2.09. The molecule has 0 aliphatic carbocycles. The highest BCUT2D eigenvalue weighted by atomic mass is 79.9. The number of hydrogen-bond donors (Lipinski definition) is 1. The normalized spacial score (nSPS) is 10.5. The molecule has 3 aromatic rings. The van der Waals surface area contributed by atoms with E-state index in [9.17, 15) is 19.7 Å². The van der Waals surface area contributed by atoms with Crippen LogP contribution in [-0.2, 0) is 4.79 Å². The van der Waals surface area contributed by atoms with Crippen molar-refractivity contribution in [1.29, 1.82) is 0 Å². The molecule has 34 heavy (non-hydrogen) atoms. The average molecular weight is 528 g/mol. The number of nitro groups is 1. The first-order chi connectivity index (χ1) is 16.4. The van der Waals surface area contributed by atoms with E-state index in [2.05, 4.69) is 26.5 Å². The minimum atomic E-state index is -0.638. The van der Waals surface area contributed by atoms with Crippen molar-refractivity contribution in [1.82, 2.24) is 5.43 Å². The number of halogens is 1. The number of methoxy groups -OCH3 is 1. The van der Waals surface area contributed by atoms with Gasteiger partial charge in [-0.2, -0.15) is 5.10 Å². The SMILES string of the molecule is COc1ccc(C(=O)Oc2ccc(Br)cc2/C=N/NC(=O)COc2ccccc2[N+](=O)[O-])cc1. The third-order valence-corrected chi connectivity index (χ3v) is 4.81. The molecule has 10 nitrogen and oxygen atoms in total. The van der Waals surface area contributed by atoms with E-state index in [-0.39, 0.29) is 17.2 Å². The smallest absolute Gasteiger partial charge is 0.343 e. The van der Waals surface area contributed by atoms with Crippen LogP contribution in [0.15, 0.2) is 76.3 Å². The Morgan fingerprint density at radius 2 is 1.82 bits per heavy atom. The zero-order valence-electron chi connectivity index (χ0n) is 17.8. The predicted molar refractivity (Wildman–Crippen MR) is 126 cm³/mol. The quantitative estimate of drug-likeness (QED) is 0.145. The largest absolute Gasteiger partial charge is 0.497 e. The molecule has 0 aromatic heterocycles. The summed E-state index contributed by atoms with van der Waals surface area (Å²) >= 11 is 3.33. The van der Waals surface area contributed by atoms with Gasteiger partial charge in [0.15, 0.2) is 12.4 Å². The molecule has 0 spiro atoms. The Bertz CT molecular complexity index is 1230. The molecule has 0 aliphatic rings. The van der Waals surface area contributed by atoms with Gasteiger partial charge in [0.05, 0.1) is 23.8 Å². The van der Waals surface area contributed by atoms with E-state index in [4.69, 9.17) is 14.2 Å². The Morgan fingerprint density at radius 3 is 2.53 bits per heavy atom. The molecule has 11 heteroatoms. The molecule has 0 unspecified atom stereocenters. The maximum atomic E-state index is 12.5. The highest BCUT2D eigenvalue weighted by Crippen LogP contribution is 2.26. The van der Waals surface area contributed by atoms with Gasteiger partial charge in [0.25, 0.3) is 5.91 Å². The minimum absolute atomic E-state index is 0.0358. The van der Waals surface area contributed by atoms with Crippen LogP contribution in [0, 0.1) is 10.1 Å². The molecule has 0 bridgehead atoms. The molecular formula is C23H18BrN3O7. The molecule has 174 valence electrons. The average Bonchev–Trinajstić information content (AvgIpc) is 2.84. The number of nitrogens with zero attached hydrogens (tertiary/aromatic N) is 2. The fourth-order valence-electron chi connectivity index (χ4n) is 2.68. The summed E-state index contributed by atoms with van der Waals surface area (Å²) in [6, 6.07) is 17.1. The molecule has 0 fully saturated rings. The molecule has 0 heterocycles. The monoisotopic (exact) mass is 527 g/mol. The summed E-state index contributed by atoms with van der Waals surface area (Å²) in [5.74, 6) is -0.429. The molecule has 1 amide bonds. The van der Waals surface area contributed by atoms with Gasteiger partial charge in [0, 0.05) is 16.1 Å². The lowest BCUT2D eigenvalue weighted by molar-refractivity contribution is -0.385. The van der Waals surface area contributed by atoms with Gasteiger partial charge in [0.2, 0.25) is 0 Å². The number of esters is 1. The van der Waals surface area contributed by atoms with Crippen LogP contribution in [-0.4, -0.2) is 36.7 Å². The lowest BCUT2D eigenvalue weighted by Crippen LogP contribution is -2.24. The van der Waals surface area contributed by atoms with Crippen molar-refractivity contribution in [2.24, 2.45) is 5.10 Å². The first-order valence-corrected chi connectivity index (χ1v) is 10.5. The number of ether oxygens (including phenoxy) is 3. The first kappa shape index (κ1) is 24.4. The Morgan fingerprint density at radius 1 is 1.09 bits per heavy atom. The Balaban J connectivity index is 1.63. The van der Waals surface area contributed by atoms with E-state index >= 15 is 0 Å². The summed E-state index contributed by atoms with van der Waals surface area (Å²) in [5, 5.41) is 14.9. The highest BCUT2D eigenvalue weighted by molar-refractivity contribution is 9.10. The fraction of sp³-hybridized carbons (Fsp3) is 0.0870. The van der Waals surface area contributed by atoms with Crippen molar-refractivity contribution >= 4 is 39.7 Å². The second-order valence-electron chi connectivity index (χ2n) is 6.61. The zero-order valence-corrected chi connectivity index (χ0v) is 19.4. The van der Waals surface area contributed by atoms with Gasteiger partial charge < -0.3 is 14.2 Å². The maximum Gasteiger partial charge on any atom is 0.343 e. The molecule has 0 radical (unpaired) electrons. The summed E-state index contributed by atoms with van der Waals surface area (Å²) in [6.45, 7) is -0.486. The third-order valence-electron chi connectivity index (χ3n) is 4.31. The number of nitrogens with one attached hydrogen (secondary N) is 1. The Labute approximate surface area is 202 Å². The van der Waals surface area contributed by atoms with E-state index < -0.39 is 23.4 Å². The predicted octanol–water partition coefficient (Wildman–Crippen LogP) is 4.11. The second kappa shape index (κ2) is 11.6. The van der Waals surface area contributed by atoms with E-state index in [0.29, 0.717) is 21.3 Å². The summed E-state index contributed by atoms with van der Waals surface area (Å²) in [7, 11) is 1.52. The van der Waals surface area contributed by atoms with Crippen LogP contribution in [0.25, 0.3) is 0 Å². The van der Waals surface area contributed by atoms with Gasteiger partial charge in [-0.25, -0.2) is 10.2 Å². The van der Waals surface area contributed by atoms with Gasteiger partial charge in [-0.3, -0.25) is 14.9 Å². The highest BCUT2D eigenvalue weighted by Gasteiger charge is 2.15. The van der Waals surface area contributed by atoms with Crippen LogP contribution in [0.4, 0.5) is 5.69 Å². The van der Waals surface area contributed by atoms with Crippen LogP contribution in [0.2, 0.25) is 0 Å². The van der Waals surface area contributed by atoms with Crippen molar-refractivity contribution < 1.29 is 28.7 Å². The van der Waals surface area contributed by atoms with Gasteiger partial charge in [-0.05, 0) is 48.5 Å². The number of amides is 1. The molecule has 0 atom stereocenters. The number of carbonyl (C=O) groups excluding carboxylic acids is 2. The number of para-hydroxylation sites is 2. The summed E-state index contributed by atoms with van der Waals surface area (Å²) < 4.78 is 16.4. The van der Waals surface area contributed by atoms with E-state index in [0.717, 1.165) is 0 Å². The van der Waals surface area contributed by atoms with Crippen molar-refractivity contribution in [2.75, 3.05) is 13.7 Å². The number of carbonyl (C=O) groups is 2. The third kappa shape index (κ3) is 6.62. The zero-order chi connectivity index (χ0) is 24.5. The van der Waals surface area contributed by atoms with Crippen molar-refractivity contribution in [3.8, 4) is 17.2 Å². The fourth-order valence-corrected chi connectivity index (χ4v) is 3.06. The number of rotatable bonds is 9. The molecule has 1 N–H and O–H groups in total. The number of hydrazone groups is 1. The minimum Gasteiger partial charge on any atom is -0.497 e. The van der Waals surface area contributed by atoms with Gasteiger partial charge in [-0.1, -0.05) is 28.1 Å². The molecule has 3 aromatic carbocycles. The van der Waals surface area contributed by atoms with Gasteiger partial charge in [0.1, 0.15) is 11.5 Å². The van der Waals surface area contributed by atoms with Crippen molar-refractivity contribution in [3.63, 3.8) is 0 Å². The number of hydrogen-bond acceptors (Lipinski definition) is 8. The Kier molecular flexibility index (Phi) is 8.30. The molecule has 0 saturated heterocycles. The van der Waals surface area contributed by atoms with Crippen molar-refractivity contribution in [2.45, 2.75) is 0 Å². The maximum absolute atomic E-state index is 12.5. The lowest BCUT2D eigenvalue weighted by atomic mass is 10.2. The van der Waals surface area contributed by atoms with E-state index in [1.807, 2.05) is 0 Å². The van der Waals surface area contributed by atoms with Crippen LogP contribution in [0.1, 0.15) is 15.9 Å². The number of benzene rings is 3. The topological polar surface area (TPSA) is 129 Å². The molecule has 0 saturated carbocycles. The summed E-state index contributed by atoms with van der Waals surface area (Å²) in [6.07, 6.45) is 1.30. The first-order valence-electron chi connectivity index (χ1n) is 9.71.